The summed E-state index contributed by atoms with van der Waals surface area (Å²) in [7, 11) is 1.91. The molecule has 2 aliphatic heterocycles. The molecule has 0 aliphatic carbocycles. The van der Waals surface area contributed by atoms with Crippen molar-refractivity contribution in [3.05, 3.63) is 77.3 Å². The highest BCUT2D eigenvalue weighted by molar-refractivity contribution is 7.17. The van der Waals surface area contributed by atoms with Crippen LogP contribution in [0.2, 0.25) is 0 Å². The first kappa shape index (κ1) is 28.2. The molecule has 2 atom stereocenters. The van der Waals surface area contributed by atoms with Crippen LogP contribution >= 0.6 is 11.3 Å². The van der Waals surface area contributed by atoms with E-state index in [9.17, 15) is 9.59 Å². The molecule has 0 radical (unpaired) electrons. The highest BCUT2D eigenvalue weighted by atomic mass is 32.1. The topological polar surface area (TPSA) is 82.0 Å². The molecule has 220 valence electrons. The Bertz CT molecular complexity index is 1570. The van der Waals surface area contributed by atoms with Gasteiger partial charge in [-0.2, -0.15) is 0 Å². The monoisotopic (exact) mass is 587 g/mol. The van der Waals surface area contributed by atoms with E-state index in [0.29, 0.717) is 18.1 Å². The quantitative estimate of drug-likeness (QED) is 0.244. The van der Waals surface area contributed by atoms with E-state index in [1.165, 1.54) is 0 Å². The van der Waals surface area contributed by atoms with Crippen molar-refractivity contribution in [2.45, 2.75) is 76.9 Å². The Labute approximate surface area is 250 Å². The van der Waals surface area contributed by atoms with Crippen molar-refractivity contribution in [3.63, 3.8) is 0 Å². The number of para-hydroxylation sites is 1. The molecule has 4 heterocycles. The van der Waals surface area contributed by atoms with Crippen LogP contribution in [0.1, 0.15) is 62.5 Å². The third kappa shape index (κ3) is 5.97. The highest BCUT2D eigenvalue weighted by Gasteiger charge is 2.45. The zero-order valence-electron chi connectivity index (χ0n) is 24.5. The van der Waals surface area contributed by atoms with Gasteiger partial charge in [-0.25, -0.2) is 4.79 Å². The molecule has 8 nitrogen and oxygen atoms in total. The lowest BCUT2D eigenvalue weighted by atomic mass is 10.00. The molecule has 2 aromatic heterocycles. The second kappa shape index (κ2) is 11.4. The minimum absolute atomic E-state index is 0.0588. The normalized spacial score (nSPS) is 20.0. The second-order valence-corrected chi connectivity index (χ2v) is 13.1. The minimum atomic E-state index is -0.497. The molecule has 6 rings (SSSR count). The Hall–Kier alpha value is -3.98. The lowest BCUT2D eigenvalue weighted by molar-refractivity contribution is -0.00709. The molecule has 2 aromatic carbocycles. The number of amides is 2. The molecule has 9 heteroatoms. The van der Waals surface area contributed by atoms with Crippen molar-refractivity contribution < 1.29 is 23.8 Å². The molecule has 42 heavy (non-hydrogen) atoms. The Balaban J connectivity index is 1.03. The highest BCUT2D eigenvalue weighted by Crippen LogP contribution is 2.38. The maximum Gasteiger partial charge on any atom is 0.410 e. The van der Waals surface area contributed by atoms with Crippen molar-refractivity contribution in [3.8, 4) is 11.5 Å². The first-order valence-electron chi connectivity index (χ1n) is 14.5. The number of rotatable bonds is 7. The van der Waals surface area contributed by atoms with Crippen LogP contribution in [0.15, 0.2) is 66.0 Å². The number of anilines is 1. The van der Waals surface area contributed by atoms with E-state index in [2.05, 4.69) is 5.32 Å². The van der Waals surface area contributed by atoms with Gasteiger partial charge in [0.2, 0.25) is 0 Å². The molecule has 2 fully saturated rings. The zero-order valence-corrected chi connectivity index (χ0v) is 25.3. The van der Waals surface area contributed by atoms with Gasteiger partial charge in [-0.05, 0) is 81.5 Å². The third-order valence-electron chi connectivity index (χ3n) is 7.98. The molecular formula is C33H37N3O5S. The number of fused-ring (bicyclic) bond motifs is 3. The molecule has 2 bridgehead atoms. The van der Waals surface area contributed by atoms with E-state index >= 15 is 0 Å². The van der Waals surface area contributed by atoms with Gasteiger partial charge in [0.05, 0.1) is 10.2 Å². The van der Waals surface area contributed by atoms with Crippen LogP contribution in [0.5, 0.6) is 11.5 Å². The smallest absolute Gasteiger partial charge is 0.410 e. The fourth-order valence-electron chi connectivity index (χ4n) is 6.03. The van der Waals surface area contributed by atoms with Crippen molar-refractivity contribution in [1.82, 2.24) is 9.47 Å². The van der Waals surface area contributed by atoms with Crippen LogP contribution in [-0.2, 0) is 18.4 Å². The van der Waals surface area contributed by atoms with Gasteiger partial charge in [-0.3, -0.25) is 4.79 Å². The van der Waals surface area contributed by atoms with E-state index < -0.39 is 5.60 Å². The van der Waals surface area contributed by atoms with Crippen LogP contribution < -0.4 is 14.8 Å². The average Bonchev–Trinajstić information content (AvgIpc) is 3.61. The molecule has 2 saturated heterocycles. The number of aryl methyl sites for hydroxylation is 1. The number of ether oxygens (including phenoxy) is 3. The summed E-state index contributed by atoms with van der Waals surface area (Å²) in [5.74, 6) is 1.35. The third-order valence-corrected chi connectivity index (χ3v) is 8.83. The van der Waals surface area contributed by atoms with Crippen LogP contribution in [0.25, 0.3) is 10.2 Å². The number of carbonyl (C=O) groups excluding carboxylic acids is 2. The minimum Gasteiger partial charge on any atom is -0.490 e. The van der Waals surface area contributed by atoms with Gasteiger partial charge in [-0.15, -0.1) is 11.3 Å². The number of thiophene rings is 1. The Kier molecular flexibility index (Phi) is 7.62. The van der Waals surface area contributed by atoms with E-state index in [0.717, 1.165) is 52.9 Å². The zero-order chi connectivity index (χ0) is 29.4. The van der Waals surface area contributed by atoms with Crippen LogP contribution in [-0.4, -0.2) is 45.3 Å². The van der Waals surface area contributed by atoms with Crippen LogP contribution in [0, 0.1) is 0 Å². The summed E-state index contributed by atoms with van der Waals surface area (Å²) in [6.07, 6.45) is 3.43. The summed E-state index contributed by atoms with van der Waals surface area (Å²) < 4.78 is 21.1. The molecule has 0 unspecified atom stereocenters. The lowest BCUT2D eigenvalue weighted by Gasteiger charge is -2.39. The molecule has 1 N–H and O–H groups in total. The van der Waals surface area contributed by atoms with Crippen molar-refractivity contribution in [1.29, 1.82) is 0 Å². The number of aromatic nitrogens is 1. The maximum atomic E-state index is 13.1. The van der Waals surface area contributed by atoms with Gasteiger partial charge >= 0.3 is 6.09 Å². The summed E-state index contributed by atoms with van der Waals surface area (Å²) >= 11 is 1.62. The number of hydrogen-bond acceptors (Lipinski definition) is 6. The van der Waals surface area contributed by atoms with E-state index in [1.807, 2.05) is 103 Å². The average molecular weight is 588 g/mol. The largest absolute Gasteiger partial charge is 0.490 e. The molecule has 2 amide bonds. The Morgan fingerprint density at radius 3 is 2.36 bits per heavy atom. The van der Waals surface area contributed by atoms with Crippen LogP contribution in [0.4, 0.5) is 10.5 Å². The van der Waals surface area contributed by atoms with Crippen molar-refractivity contribution in [2.75, 3.05) is 5.32 Å². The number of hydrogen-bond donors (Lipinski definition) is 1. The fraction of sp³-hybridized carbons (Fsp3) is 0.394. The van der Waals surface area contributed by atoms with Gasteiger partial charge in [-0.1, -0.05) is 18.2 Å². The lowest BCUT2D eigenvalue weighted by Crippen LogP contribution is -2.50. The summed E-state index contributed by atoms with van der Waals surface area (Å²) in [5, 5.41) is 5.08. The molecule has 4 aromatic rings. The summed E-state index contributed by atoms with van der Waals surface area (Å²) in [4.78, 5) is 27.8. The summed E-state index contributed by atoms with van der Waals surface area (Å²) in [6.45, 7) is 6.02. The molecular weight excluding hydrogens is 550 g/mol. The predicted molar refractivity (Wildman–Crippen MR) is 164 cm³/mol. The van der Waals surface area contributed by atoms with E-state index in [4.69, 9.17) is 14.2 Å². The molecule has 2 aliphatic rings. The van der Waals surface area contributed by atoms with Gasteiger partial charge < -0.3 is 29.0 Å². The van der Waals surface area contributed by atoms with Gasteiger partial charge in [0.15, 0.2) is 0 Å². The molecule has 0 saturated carbocycles. The Morgan fingerprint density at radius 2 is 1.67 bits per heavy atom. The number of nitrogens with zero attached hydrogens (tertiary/aromatic N) is 2. The predicted octanol–water partition coefficient (Wildman–Crippen LogP) is 7.38. The van der Waals surface area contributed by atoms with E-state index in [-0.39, 0.29) is 30.2 Å². The van der Waals surface area contributed by atoms with Crippen molar-refractivity contribution in [2.24, 2.45) is 7.05 Å². The number of piperidine rings is 1. The number of carbonyl (C=O) groups is 2. The standard InChI is InChI=1S/C33H37N3O5S/c1-33(2,3)41-32(38)36-22-9-10-23(36)18-26(17-22)40-25-13-11-24(12-14-25)39-20-21-7-5-6-8-27(21)34-31(37)29-19-30-28(35(29)4)15-16-42-30/h5-8,11-16,19,22-23,26H,9-10,17-18,20H2,1-4H3,(H,34,37)/t22-,23-/m0/s1. The van der Waals surface area contributed by atoms with Gasteiger partial charge in [0, 0.05) is 43.2 Å². The first-order chi connectivity index (χ1) is 20.1. The summed E-state index contributed by atoms with van der Waals surface area (Å²) in [5.41, 5.74) is 2.77. The Morgan fingerprint density at radius 1 is 0.976 bits per heavy atom. The van der Waals surface area contributed by atoms with E-state index in [1.54, 1.807) is 11.3 Å². The first-order valence-corrected chi connectivity index (χ1v) is 15.4. The fourth-order valence-corrected chi connectivity index (χ4v) is 6.88. The summed E-state index contributed by atoms with van der Waals surface area (Å²) in [6, 6.07) is 19.6. The number of benzene rings is 2. The maximum absolute atomic E-state index is 13.1. The van der Waals surface area contributed by atoms with Gasteiger partial charge in [0.1, 0.15) is 35.5 Å². The second-order valence-electron chi connectivity index (χ2n) is 12.1. The molecule has 0 spiro atoms. The van der Waals surface area contributed by atoms with Crippen molar-refractivity contribution >= 4 is 39.2 Å². The SMILES string of the molecule is Cn1c(C(=O)Nc2ccccc2COc2ccc(OC3C[C@@H]4CC[C@@H](C3)N4C(=O)OC(C)(C)C)cc2)cc2sccc21. The number of nitrogens with one attached hydrogen (secondary N) is 1. The van der Waals surface area contributed by atoms with Gasteiger partial charge in [0.25, 0.3) is 5.91 Å². The van der Waals surface area contributed by atoms with Crippen LogP contribution in [0.3, 0.4) is 0 Å².